The maximum atomic E-state index is 5.42. The predicted molar refractivity (Wildman–Crippen MR) is 111 cm³/mol. The van der Waals surface area contributed by atoms with Crippen molar-refractivity contribution in [3.05, 3.63) is 23.2 Å². The second kappa shape index (κ2) is 8.33. The average Bonchev–Trinajstić information content (AvgIpc) is 3.01. The van der Waals surface area contributed by atoms with Gasteiger partial charge in [-0.05, 0) is 50.7 Å². The van der Waals surface area contributed by atoms with Crippen LogP contribution in [0.2, 0.25) is 0 Å². The van der Waals surface area contributed by atoms with Gasteiger partial charge in [0.25, 0.3) is 0 Å². The number of hydrogen-bond acceptors (Lipinski definition) is 6. The molecule has 0 radical (unpaired) electrons. The fourth-order valence-electron chi connectivity index (χ4n) is 3.65. The number of aromatic amines is 1. The second-order valence-corrected chi connectivity index (χ2v) is 7.26. The molecule has 1 aromatic carbocycles. The number of ether oxygens (including phenoxy) is 1. The minimum Gasteiger partial charge on any atom is -0.379 e. The first kappa shape index (κ1) is 18.3. The topological polar surface area (TPSA) is 71.0 Å². The minimum atomic E-state index is 0.744. The van der Waals surface area contributed by atoms with Gasteiger partial charge in [-0.1, -0.05) is 0 Å². The number of benzene rings is 1. The SMILES string of the molecule is CCn1c(=S)[nH]c2cc3c(NCCCCN4CCOCC4)ncnc3cc21. The van der Waals surface area contributed by atoms with Crippen LogP contribution in [0, 0.1) is 4.77 Å². The summed E-state index contributed by atoms with van der Waals surface area (Å²) in [5.74, 6) is 0.886. The number of morpholine rings is 1. The predicted octanol–water partition coefficient (Wildman–Crippen LogP) is 3.19. The Labute approximate surface area is 163 Å². The summed E-state index contributed by atoms with van der Waals surface area (Å²) in [7, 11) is 0. The standard InChI is InChI=1S/C19H26N6OS/c1-2-25-17-12-15-14(11-16(17)23-19(25)27)18(22-13-21-15)20-5-3-4-6-24-7-9-26-10-8-24/h11-13H,2-10H2,1H3,(H,23,27)(H,20,21,22). The van der Waals surface area contributed by atoms with Crippen LogP contribution < -0.4 is 5.32 Å². The Balaban J connectivity index is 1.44. The molecule has 0 spiro atoms. The van der Waals surface area contributed by atoms with E-state index in [1.165, 1.54) is 6.42 Å². The van der Waals surface area contributed by atoms with E-state index < -0.39 is 0 Å². The zero-order valence-corrected chi connectivity index (χ0v) is 16.5. The van der Waals surface area contributed by atoms with E-state index in [2.05, 4.69) is 48.8 Å². The third-order valence-corrected chi connectivity index (χ3v) is 5.47. The van der Waals surface area contributed by atoms with Crippen molar-refractivity contribution in [2.75, 3.05) is 44.7 Å². The van der Waals surface area contributed by atoms with Gasteiger partial charge in [-0.15, -0.1) is 0 Å². The van der Waals surface area contributed by atoms with E-state index in [1.807, 2.05) is 0 Å². The molecule has 4 rings (SSSR count). The third kappa shape index (κ3) is 3.97. The molecule has 0 bridgehead atoms. The van der Waals surface area contributed by atoms with Crippen LogP contribution in [-0.2, 0) is 11.3 Å². The number of aryl methyl sites for hydroxylation is 1. The van der Waals surface area contributed by atoms with E-state index in [0.29, 0.717) is 0 Å². The highest BCUT2D eigenvalue weighted by molar-refractivity contribution is 7.71. The van der Waals surface area contributed by atoms with Crippen molar-refractivity contribution in [1.82, 2.24) is 24.4 Å². The molecule has 27 heavy (non-hydrogen) atoms. The number of fused-ring (bicyclic) bond motifs is 2. The van der Waals surface area contributed by atoms with Crippen LogP contribution in [0.4, 0.5) is 5.82 Å². The first-order valence-electron chi connectivity index (χ1n) is 9.67. The lowest BCUT2D eigenvalue weighted by atomic mass is 10.2. The zero-order chi connectivity index (χ0) is 18.6. The number of rotatable bonds is 7. The van der Waals surface area contributed by atoms with E-state index >= 15 is 0 Å². The fraction of sp³-hybridized carbons (Fsp3) is 0.526. The molecule has 2 N–H and O–H groups in total. The number of aromatic nitrogens is 4. The van der Waals surface area contributed by atoms with E-state index in [0.717, 1.165) is 84.9 Å². The Kier molecular flexibility index (Phi) is 5.66. The highest BCUT2D eigenvalue weighted by atomic mass is 32.1. The molecule has 0 amide bonds. The molecule has 1 aliphatic rings. The van der Waals surface area contributed by atoms with Crippen LogP contribution in [0.1, 0.15) is 19.8 Å². The third-order valence-electron chi connectivity index (χ3n) is 5.14. The van der Waals surface area contributed by atoms with E-state index in [4.69, 9.17) is 17.0 Å². The molecular weight excluding hydrogens is 360 g/mol. The summed E-state index contributed by atoms with van der Waals surface area (Å²) in [6, 6.07) is 4.19. The number of nitrogens with zero attached hydrogens (tertiary/aromatic N) is 4. The molecule has 3 aromatic rings. The van der Waals surface area contributed by atoms with Crippen molar-refractivity contribution in [2.24, 2.45) is 0 Å². The molecule has 3 heterocycles. The van der Waals surface area contributed by atoms with Crippen LogP contribution in [0.3, 0.4) is 0 Å². The number of hydrogen-bond donors (Lipinski definition) is 2. The summed E-state index contributed by atoms with van der Waals surface area (Å²) in [4.78, 5) is 14.7. The Morgan fingerprint density at radius 3 is 2.89 bits per heavy atom. The van der Waals surface area contributed by atoms with Crippen LogP contribution in [0.5, 0.6) is 0 Å². The molecule has 8 heteroatoms. The Hall–Kier alpha value is -2.03. The van der Waals surface area contributed by atoms with Crippen molar-refractivity contribution in [3.8, 4) is 0 Å². The van der Waals surface area contributed by atoms with Gasteiger partial charge in [0.1, 0.15) is 12.1 Å². The van der Waals surface area contributed by atoms with Crippen LogP contribution in [0.25, 0.3) is 21.9 Å². The second-order valence-electron chi connectivity index (χ2n) is 6.87. The van der Waals surface area contributed by atoms with Gasteiger partial charge in [0, 0.05) is 31.6 Å². The smallest absolute Gasteiger partial charge is 0.178 e. The molecule has 1 aliphatic heterocycles. The molecule has 0 aliphatic carbocycles. The van der Waals surface area contributed by atoms with Crippen LogP contribution >= 0.6 is 12.2 Å². The van der Waals surface area contributed by atoms with Crippen LogP contribution in [0.15, 0.2) is 18.5 Å². The molecule has 0 saturated carbocycles. The average molecular weight is 387 g/mol. The Morgan fingerprint density at radius 1 is 1.22 bits per heavy atom. The first-order valence-corrected chi connectivity index (χ1v) is 10.1. The molecular formula is C19H26N6OS. The van der Waals surface area contributed by atoms with Gasteiger partial charge in [0.2, 0.25) is 0 Å². The zero-order valence-electron chi connectivity index (χ0n) is 15.7. The summed E-state index contributed by atoms with van der Waals surface area (Å²) >= 11 is 5.42. The summed E-state index contributed by atoms with van der Waals surface area (Å²) in [6.45, 7) is 8.81. The van der Waals surface area contributed by atoms with Crippen molar-refractivity contribution >= 4 is 40.0 Å². The lowest BCUT2D eigenvalue weighted by molar-refractivity contribution is 0.0373. The Morgan fingerprint density at radius 2 is 2.07 bits per heavy atom. The van der Waals surface area contributed by atoms with E-state index in [9.17, 15) is 0 Å². The van der Waals surface area contributed by atoms with Gasteiger partial charge in [-0.25, -0.2) is 9.97 Å². The van der Waals surface area contributed by atoms with Gasteiger partial charge >= 0.3 is 0 Å². The largest absolute Gasteiger partial charge is 0.379 e. The molecule has 0 atom stereocenters. The van der Waals surface area contributed by atoms with Gasteiger partial charge in [-0.2, -0.15) is 0 Å². The van der Waals surface area contributed by atoms with Crippen molar-refractivity contribution in [2.45, 2.75) is 26.3 Å². The van der Waals surface area contributed by atoms with Gasteiger partial charge < -0.3 is 19.6 Å². The highest BCUT2D eigenvalue weighted by Crippen LogP contribution is 2.25. The lowest BCUT2D eigenvalue weighted by Crippen LogP contribution is -2.36. The van der Waals surface area contributed by atoms with Crippen molar-refractivity contribution in [3.63, 3.8) is 0 Å². The summed E-state index contributed by atoms with van der Waals surface area (Å²) in [5, 5.41) is 4.51. The highest BCUT2D eigenvalue weighted by Gasteiger charge is 2.11. The van der Waals surface area contributed by atoms with E-state index in [1.54, 1.807) is 6.33 Å². The van der Waals surface area contributed by atoms with Crippen molar-refractivity contribution in [1.29, 1.82) is 0 Å². The molecule has 1 fully saturated rings. The van der Waals surface area contributed by atoms with Crippen molar-refractivity contribution < 1.29 is 4.74 Å². The van der Waals surface area contributed by atoms with Gasteiger partial charge in [-0.3, -0.25) is 4.90 Å². The minimum absolute atomic E-state index is 0.744. The monoisotopic (exact) mass is 386 g/mol. The molecule has 2 aromatic heterocycles. The van der Waals surface area contributed by atoms with Crippen LogP contribution in [-0.4, -0.2) is 63.8 Å². The molecule has 144 valence electrons. The number of anilines is 1. The number of imidazole rings is 1. The maximum Gasteiger partial charge on any atom is 0.178 e. The number of nitrogens with one attached hydrogen (secondary N) is 2. The molecule has 0 unspecified atom stereocenters. The van der Waals surface area contributed by atoms with Gasteiger partial charge in [0.05, 0.1) is 29.8 Å². The quantitative estimate of drug-likeness (QED) is 0.480. The summed E-state index contributed by atoms with van der Waals surface area (Å²) in [6.07, 6.45) is 3.91. The summed E-state index contributed by atoms with van der Waals surface area (Å²) < 4.78 is 8.23. The lowest BCUT2D eigenvalue weighted by Gasteiger charge is -2.26. The summed E-state index contributed by atoms with van der Waals surface area (Å²) in [5.41, 5.74) is 3.05. The molecule has 7 nitrogen and oxygen atoms in total. The number of unbranched alkanes of at least 4 members (excludes halogenated alkanes) is 1. The maximum absolute atomic E-state index is 5.42. The van der Waals surface area contributed by atoms with E-state index in [-0.39, 0.29) is 0 Å². The fourth-order valence-corrected chi connectivity index (χ4v) is 3.99. The number of H-pyrrole nitrogens is 1. The molecule has 1 saturated heterocycles. The normalized spacial score (nSPS) is 15.6. The Bertz CT molecular complexity index is 975. The first-order chi connectivity index (χ1) is 13.3. The van der Waals surface area contributed by atoms with Gasteiger partial charge in [0.15, 0.2) is 4.77 Å².